The minimum Gasteiger partial charge on any atom is -0.481 e. The Bertz CT molecular complexity index is 257. The summed E-state index contributed by atoms with van der Waals surface area (Å²) in [7, 11) is 0. The largest absolute Gasteiger partial charge is 0.481 e. The first-order valence-electron chi connectivity index (χ1n) is 6.14. The third-order valence-corrected chi connectivity index (χ3v) is 3.46. The van der Waals surface area contributed by atoms with Gasteiger partial charge in [-0.05, 0) is 30.8 Å². The highest BCUT2D eigenvalue weighted by atomic mass is 32.2. The molecule has 0 saturated heterocycles. The Balaban J connectivity index is 3.76. The molecule has 0 aromatic rings. The molecule has 0 bridgehead atoms. The molecule has 6 heteroatoms. The van der Waals surface area contributed by atoms with E-state index in [9.17, 15) is 9.59 Å². The van der Waals surface area contributed by atoms with E-state index < -0.39 is 24.0 Å². The zero-order valence-electron chi connectivity index (χ0n) is 10.9. The number of carbonyl (C=O) groups is 2. The molecule has 0 aliphatic carbocycles. The van der Waals surface area contributed by atoms with Crippen LogP contribution in [0.5, 0.6) is 0 Å². The van der Waals surface area contributed by atoms with Crippen LogP contribution >= 0.6 is 11.8 Å². The SMILES string of the molecule is CCSCCC(OCCCC(C)C(=O)O)C(=O)O. The van der Waals surface area contributed by atoms with Crippen molar-refractivity contribution in [3.63, 3.8) is 0 Å². The summed E-state index contributed by atoms with van der Waals surface area (Å²) in [6.07, 6.45) is 0.787. The highest BCUT2D eigenvalue weighted by Crippen LogP contribution is 2.10. The van der Waals surface area contributed by atoms with Gasteiger partial charge in [0.25, 0.3) is 0 Å². The normalized spacial score (nSPS) is 14.1. The molecule has 0 aliphatic heterocycles. The predicted octanol–water partition coefficient (Wildman–Crippen LogP) is 2.10. The van der Waals surface area contributed by atoms with Gasteiger partial charge in [0, 0.05) is 6.61 Å². The summed E-state index contributed by atoms with van der Waals surface area (Å²) in [5, 5.41) is 17.6. The van der Waals surface area contributed by atoms with Crippen molar-refractivity contribution < 1.29 is 24.5 Å². The lowest BCUT2D eigenvalue weighted by Crippen LogP contribution is -2.25. The fraction of sp³-hybridized carbons (Fsp3) is 0.833. The summed E-state index contributed by atoms with van der Waals surface area (Å²) in [6.45, 7) is 3.95. The molecule has 2 unspecified atom stereocenters. The maximum Gasteiger partial charge on any atom is 0.332 e. The average molecular weight is 278 g/mol. The van der Waals surface area contributed by atoms with E-state index in [-0.39, 0.29) is 0 Å². The molecule has 0 aliphatic rings. The van der Waals surface area contributed by atoms with E-state index in [0.717, 1.165) is 11.5 Å². The summed E-state index contributed by atoms with van der Waals surface area (Å²) >= 11 is 1.68. The van der Waals surface area contributed by atoms with Crippen molar-refractivity contribution in [1.29, 1.82) is 0 Å². The van der Waals surface area contributed by atoms with E-state index in [4.69, 9.17) is 14.9 Å². The van der Waals surface area contributed by atoms with Crippen molar-refractivity contribution in [2.75, 3.05) is 18.1 Å². The molecule has 0 spiro atoms. The molecule has 0 aromatic carbocycles. The van der Waals surface area contributed by atoms with Gasteiger partial charge in [0.15, 0.2) is 6.10 Å². The summed E-state index contributed by atoms with van der Waals surface area (Å²) in [4.78, 5) is 21.5. The van der Waals surface area contributed by atoms with Crippen molar-refractivity contribution in [3.05, 3.63) is 0 Å². The van der Waals surface area contributed by atoms with Crippen molar-refractivity contribution in [1.82, 2.24) is 0 Å². The maximum absolute atomic E-state index is 10.9. The number of rotatable bonds is 11. The lowest BCUT2D eigenvalue weighted by Gasteiger charge is -2.13. The van der Waals surface area contributed by atoms with Gasteiger partial charge in [-0.1, -0.05) is 13.8 Å². The number of hydrogen-bond acceptors (Lipinski definition) is 4. The molecule has 0 amide bonds. The minimum atomic E-state index is -0.946. The predicted molar refractivity (Wildman–Crippen MR) is 71.0 cm³/mol. The number of carboxylic acid groups (broad SMARTS) is 2. The lowest BCUT2D eigenvalue weighted by atomic mass is 10.1. The van der Waals surface area contributed by atoms with Crippen molar-refractivity contribution in [2.24, 2.45) is 5.92 Å². The number of ether oxygens (including phenoxy) is 1. The maximum atomic E-state index is 10.9. The zero-order chi connectivity index (χ0) is 14.0. The van der Waals surface area contributed by atoms with E-state index in [2.05, 4.69) is 0 Å². The van der Waals surface area contributed by atoms with E-state index in [0.29, 0.717) is 25.9 Å². The van der Waals surface area contributed by atoms with E-state index in [1.165, 1.54) is 0 Å². The molecule has 2 N–H and O–H groups in total. The third-order valence-electron chi connectivity index (χ3n) is 2.53. The highest BCUT2D eigenvalue weighted by molar-refractivity contribution is 7.99. The Kier molecular flexibility index (Phi) is 9.77. The van der Waals surface area contributed by atoms with Gasteiger partial charge in [0.2, 0.25) is 0 Å². The molecule has 18 heavy (non-hydrogen) atoms. The van der Waals surface area contributed by atoms with Gasteiger partial charge in [-0.15, -0.1) is 0 Å². The Hall–Kier alpha value is -0.750. The van der Waals surface area contributed by atoms with Gasteiger partial charge in [-0.2, -0.15) is 11.8 Å². The van der Waals surface area contributed by atoms with Crippen LogP contribution in [0.4, 0.5) is 0 Å². The fourth-order valence-corrected chi connectivity index (χ4v) is 2.02. The monoisotopic (exact) mass is 278 g/mol. The molecular formula is C12H22O5S. The molecule has 0 radical (unpaired) electrons. The second-order valence-corrected chi connectivity index (χ2v) is 5.46. The lowest BCUT2D eigenvalue weighted by molar-refractivity contribution is -0.151. The number of aliphatic carboxylic acids is 2. The number of hydrogen-bond donors (Lipinski definition) is 2. The van der Waals surface area contributed by atoms with Crippen LogP contribution < -0.4 is 0 Å². The van der Waals surface area contributed by atoms with Crippen molar-refractivity contribution in [2.45, 2.75) is 39.2 Å². The minimum absolute atomic E-state index is 0.297. The molecule has 0 rings (SSSR count). The van der Waals surface area contributed by atoms with E-state index in [1.54, 1.807) is 18.7 Å². The van der Waals surface area contributed by atoms with Gasteiger partial charge in [-0.3, -0.25) is 4.79 Å². The van der Waals surface area contributed by atoms with Gasteiger partial charge < -0.3 is 14.9 Å². The molecule has 0 heterocycles. The molecule has 2 atom stereocenters. The van der Waals surface area contributed by atoms with Gasteiger partial charge in [0.1, 0.15) is 0 Å². The molecule has 0 saturated carbocycles. The quantitative estimate of drug-likeness (QED) is 0.563. The van der Waals surface area contributed by atoms with Crippen molar-refractivity contribution >= 4 is 23.7 Å². The van der Waals surface area contributed by atoms with Crippen LogP contribution in [0.3, 0.4) is 0 Å². The average Bonchev–Trinajstić information content (AvgIpc) is 2.31. The summed E-state index contributed by atoms with van der Waals surface area (Å²) in [6, 6.07) is 0. The number of carboxylic acids is 2. The topological polar surface area (TPSA) is 83.8 Å². The third kappa shape index (κ3) is 8.36. The van der Waals surface area contributed by atoms with Gasteiger partial charge in [-0.25, -0.2) is 4.79 Å². The molecule has 5 nitrogen and oxygen atoms in total. The van der Waals surface area contributed by atoms with Crippen LogP contribution in [0.25, 0.3) is 0 Å². The first-order chi connectivity index (χ1) is 8.49. The first-order valence-corrected chi connectivity index (χ1v) is 7.29. The Morgan fingerprint density at radius 2 is 1.89 bits per heavy atom. The van der Waals surface area contributed by atoms with E-state index in [1.807, 2.05) is 6.92 Å². The van der Waals surface area contributed by atoms with E-state index >= 15 is 0 Å². The van der Waals surface area contributed by atoms with Crippen LogP contribution in [0.2, 0.25) is 0 Å². The van der Waals surface area contributed by atoms with Crippen LogP contribution in [0.15, 0.2) is 0 Å². The smallest absolute Gasteiger partial charge is 0.332 e. The molecule has 106 valence electrons. The van der Waals surface area contributed by atoms with Crippen molar-refractivity contribution in [3.8, 4) is 0 Å². The Morgan fingerprint density at radius 3 is 2.39 bits per heavy atom. The second-order valence-electron chi connectivity index (χ2n) is 4.06. The van der Waals surface area contributed by atoms with Gasteiger partial charge in [0.05, 0.1) is 5.92 Å². The highest BCUT2D eigenvalue weighted by Gasteiger charge is 2.18. The van der Waals surface area contributed by atoms with Crippen LogP contribution in [0.1, 0.15) is 33.1 Å². The molecule has 0 fully saturated rings. The first kappa shape index (κ1) is 17.2. The van der Waals surface area contributed by atoms with Gasteiger partial charge >= 0.3 is 11.9 Å². The Morgan fingerprint density at radius 1 is 1.22 bits per heavy atom. The summed E-state index contributed by atoms with van der Waals surface area (Å²) < 4.78 is 5.27. The zero-order valence-corrected chi connectivity index (χ0v) is 11.7. The summed E-state index contributed by atoms with van der Waals surface area (Å²) in [5.41, 5.74) is 0. The molecular weight excluding hydrogens is 256 g/mol. The Labute approximate surface area is 112 Å². The fourth-order valence-electron chi connectivity index (χ4n) is 1.35. The summed E-state index contributed by atoms with van der Waals surface area (Å²) in [5.74, 6) is -0.462. The second kappa shape index (κ2) is 10.2. The number of thioether (sulfide) groups is 1. The standard InChI is InChI=1S/C12H22O5S/c1-3-18-8-6-10(12(15)16)17-7-4-5-9(2)11(13)14/h9-10H,3-8H2,1-2H3,(H,13,14)(H,15,16). The molecule has 0 aromatic heterocycles. The van der Waals surface area contributed by atoms with Crippen LogP contribution in [-0.4, -0.2) is 46.4 Å². The van der Waals surface area contributed by atoms with Crippen LogP contribution in [0, 0.1) is 5.92 Å². The van der Waals surface area contributed by atoms with Crippen LogP contribution in [-0.2, 0) is 14.3 Å².